The molecule has 2 unspecified atom stereocenters. The molecule has 0 aromatic heterocycles. The lowest BCUT2D eigenvalue weighted by atomic mass is 9.96. The first-order valence-corrected chi connectivity index (χ1v) is 7.01. The van der Waals surface area contributed by atoms with E-state index >= 15 is 0 Å². The Kier molecular flexibility index (Phi) is 3.12. The van der Waals surface area contributed by atoms with Crippen molar-refractivity contribution in [3.05, 3.63) is 29.3 Å². The minimum atomic E-state index is -1.03. The molecule has 106 valence electrons. The molecule has 1 aliphatic carbocycles. The summed E-state index contributed by atoms with van der Waals surface area (Å²) in [6.45, 7) is 1.46. The Labute approximate surface area is 117 Å². The number of amides is 1. The van der Waals surface area contributed by atoms with Crippen LogP contribution in [0, 0.1) is 0 Å². The molecule has 0 saturated heterocycles. The number of hydrogen-bond donors (Lipinski definition) is 3. The summed E-state index contributed by atoms with van der Waals surface area (Å²) in [6, 6.07) is 5.23. The van der Waals surface area contributed by atoms with Gasteiger partial charge in [0, 0.05) is 12.0 Å². The molecule has 1 fully saturated rings. The Bertz CT molecular complexity index is 570. The first-order chi connectivity index (χ1) is 9.58. The predicted molar refractivity (Wildman–Crippen MR) is 75.0 cm³/mol. The Morgan fingerprint density at radius 1 is 1.40 bits per heavy atom. The molecule has 1 heterocycles. The summed E-state index contributed by atoms with van der Waals surface area (Å²) in [5, 5.41) is 14.8. The van der Waals surface area contributed by atoms with Crippen LogP contribution in [0.2, 0.25) is 0 Å². The molecule has 0 bridgehead atoms. The van der Waals surface area contributed by atoms with E-state index in [1.54, 1.807) is 6.07 Å². The number of rotatable bonds is 3. The van der Waals surface area contributed by atoms with Crippen LogP contribution in [0.15, 0.2) is 18.2 Å². The molecule has 1 saturated carbocycles. The van der Waals surface area contributed by atoms with E-state index in [9.17, 15) is 9.59 Å². The number of benzene rings is 1. The summed E-state index contributed by atoms with van der Waals surface area (Å²) in [5.41, 5.74) is 2.63. The van der Waals surface area contributed by atoms with Crippen molar-refractivity contribution >= 4 is 17.6 Å². The van der Waals surface area contributed by atoms with Gasteiger partial charge in [0.05, 0.1) is 11.3 Å². The van der Waals surface area contributed by atoms with Crippen LogP contribution in [0.4, 0.5) is 5.69 Å². The lowest BCUT2D eigenvalue weighted by molar-refractivity contribution is -0.138. The predicted octanol–water partition coefficient (Wildman–Crippen LogP) is 1.95. The summed E-state index contributed by atoms with van der Waals surface area (Å²) in [7, 11) is 0. The lowest BCUT2D eigenvalue weighted by Gasteiger charge is -2.13. The maximum Gasteiger partial charge on any atom is 0.325 e. The van der Waals surface area contributed by atoms with E-state index in [0.29, 0.717) is 17.5 Å². The molecular weight excluding hydrogens is 256 g/mol. The molecule has 1 amide bonds. The molecule has 1 aromatic rings. The maximum absolute atomic E-state index is 12.2. The second-order valence-electron chi connectivity index (χ2n) is 5.59. The van der Waals surface area contributed by atoms with Crippen LogP contribution in [-0.4, -0.2) is 29.1 Å². The second kappa shape index (κ2) is 4.81. The summed E-state index contributed by atoms with van der Waals surface area (Å²) >= 11 is 0. The number of anilines is 1. The number of carbonyl (C=O) groups is 2. The molecule has 20 heavy (non-hydrogen) atoms. The molecular formula is C15H18N2O3. The Hall–Kier alpha value is -2.04. The third-order valence-electron chi connectivity index (χ3n) is 4.30. The van der Waals surface area contributed by atoms with Crippen LogP contribution >= 0.6 is 0 Å². The zero-order chi connectivity index (χ0) is 14.3. The zero-order valence-corrected chi connectivity index (χ0v) is 11.3. The molecule has 1 aromatic carbocycles. The molecule has 5 nitrogen and oxygen atoms in total. The van der Waals surface area contributed by atoms with E-state index in [4.69, 9.17) is 5.11 Å². The van der Waals surface area contributed by atoms with Gasteiger partial charge in [-0.15, -0.1) is 0 Å². The Balaban J connectivity index is 1.87. The Morgan fingerprint density at radius 3 is 2.95 bits per heavy atom. The van der Waals surface area contributed by atoms with Crippen molar-refractivity contribution in [3.63, 3.8) is 0 Å². The van der Waals surface area contributed by atoms with E-state index in [2.05, 4.69) is 16.7 Å². The summed E-state index contributed by atoms with van der Waals surface area (Å²) in [4.78, 5) is 23.1. The smallest absolute Gasteiger partial charge is 0.325 e. The van der Waals surface area contributed by atoms with Gasteiger partial charge in [-0.05, 0) is 31.4 Å². The van der Waals surface area contributed by atoms with Crippen molar-refractivity contribution in [1.29, 1.82) is 0 Å². The van der Waals surface area contributed by atoms with Gasteiger partial charge in [-0.25, -0.2) is 0 Å². The quantitative estimate of drug-likeness (QED) is 0.787. The van der Waals surface area contributed by atoms with Crippen LogP contribution < -0.4 is 10.6 Å². The van der Waals surface area contributed by atoms with Crippen LogP contribution in [0.25, 0.3) is 0 Å². The third-order valence-corrected chi connectivity index (χ3v) is 4.30. The van der Waals surface area contributed by atoms with Crippen molar-refractivity contribution in [3.8, 4) is 0 Å². The minimum Gasteiger partial charge on any atom is -0.480 e. The molecule has 1 aliphatic heterocycles. The summed E-state index contributed by atoms with van der Waals surface area (Å²) in [6.07, 6.45) is 3.50. The highest BCUT2D eigenvalue weighted by atomic mass is 16.4. The van der Waals surface area contributed by atoms with Crippen LogP contribution in [0.3, 0.4) is 0 Å². The van der Waals surface area contributed by atoms with Crippen molar-refractivity contribution in [2.75, 3.05) is 5.32 Å². The summed E-state index contributed by atoms with van der Waals surface area (Å²) < 4.78 is 0. The van der Waals surface area contributed by atoms with Crippen LogP contribution in [0.1, 0.15) is 48.0 Å². The molecule has 5 heteroatoms. The maximum atomic E-state index is 12.2. The van der Waals surface area contributed by atoms with Gasteiger partial charge in [0.15, 0.2) is 0 Å². The van der Waals surface area contributed by atoms with Gasteiger partial charge in [0.25, 0.3) is 5.91 Å². The molecule has 3 N–H and O–H groups in total. The normalized spacial score (nSPS) is 24.4. The topological polar surface area (TPSA) is 78.4 Å². The van der Waals surface area contributed by atoms with E-state index in [0.717, 1.165) is 18.5 Å². The van der Waals surface area contributed by atoms with Gasteiger partial charge < -0.3 is 15.7 Å². The van der Waals surface area contributed by atoms with Crippen molar-refractivity contribution < 1.29 is 14.7 Å². The van der Waals surface area contributed by atoms with Crippen molar-refractivity contribution in [2.45, 2.75) is 44.2 Å². The number of fused-ring (bicyclic) bond motifs is 3. The fourth-order valence-corrected chi connectivity index (χ4v) is 3.26. The average molecular weight is 274 g/mol. The monoisotopic (exact) mass is 274 g/mol. The highest BCUT2D eigenvalue weighted by Crippen LogP contribution is 2.46. The average Bonchev–Trinajstić information content (AvgIpc) is 2.98. The first-order valence-electron chi connectivity index (χ1n) is 7.01. The van der Waals surface area contributed by atoms with Gasteiger partial charge in [-0.2, -0.15) is 0 Å². The summed E-state index contributed by atoms with van der Waals surface area (Å²) in [5.74, 6) is -0.866. The van der Waals surface area contributed by atoms with E-state index in [1.165, 1.54) is 18.9 Å². The molecule has 0 spiro atoms. The number of para-hydroxylation sites is 1. The number of nitrogens with one attached hydrogen (secondary N) is 2. The fraction of sp³-hybridized carbons (Fsp3) is 0.467. The highest BCUT2D eigenvalue weighted by Gasteiger charge is 2.37. The highest BCUT2D eigenvalue weighted by molar-refractivity contribution is 6.02. The van der Waals surface area contributed by atoms with Gasteiger partial charge in [-0.3, -0.25) is 9.59 Å². The zero-order valence-electron chi connectivity index (χ0n) is 11.3. The lowest BCUT2D eigenvalue weighted by Crippen LogP contribution is -2.38. The van der Waals surface area contributed by atoms with Gasteiger partial charge in [0.1, 0.15) is 6.04 Å². The standard InChI is InChI=1S/C15H18N2O3/c1-8(15(19)20)16-14(18)11-6-2-5-10-9-4-3-7-12(9)17-13(10)11/h2,5-6,8-9,12,17H,3-4,7H2,1H3,(H,16,18)(H,19,20)/t8-,9?,12?/m1/s1. The van der Waals surface area contributed by atoms with Crippen LogP contribution in [-0.2, 0) is 4.79 Å². The molecule has 0 radical (unpaired) electrons. The Morgan fingerprint density at radius 2 is 2.20 bits per heavy atom. The number of carboxylic acid groups (broad SMARTS) is 1. The van der Waals surface area contributed by atoms with E-state index in [-0.39, 0.29) is 5.91 Å². The fourth-order valence-electron chi connectivity index (χ4n) is 3.26. The molecule has 2 aliphatic rings. The number of hydrogen-bond acceptors (Lipinski definition) is 3. The molecule has 3 atom stereocenters. The SMILES string of the molecule is C[C@@H](NC(=O)c1cccc2c1NC1CCCC21)C(=O)O. The van der Waals surface area contributed by atoms with Gasteiger partial charge in [0.2, 0.25) is 0 Å². The number of carbonyl (C=O) groups excluding carboxylic acids is 1. The second-order valence-corrected chi connectivity index (χ2v) is 5.59. The minimum absolute atomic E-state index is 0.329. The molecule has 3 rings (SSSR count). The first kappa shape index (κ1) is 13.0. The van der Waals surface area contributed by atoms with Gasteiger partial charge >= 0.3 is 5.97 Å². The third kappa shape index (κ3) is 2.03. The number of aliphatic carboxylic acids is 1. The van der Waals surface area contributed by atoms with Crippen LogP contribution in [0.5, 0.6) is 0 Å². The van der Waals surface area contributed by atoms with Crippen molar-refractivity contribution in [1.82, 2.24) is 5.32 Å². The van der Waals surface area contributed by atoms with E-state index < -0.39 is 12.0 Å². The van der Waals surface area contributed by atoms with Gasteiger partial charge in [-0.1, -0.05) is 18.6 Å². The number of carboxylic acids is 1. The van der Waals surface area contributed by atoms with Crippen molar-refractivity contribution in [2.24, 2.45) is 0 Å². The largest absolute Gasteiger partial charge is 0.480 e. The van der Waals surface area contributed by atoms with E-state index in [1.807, 2.05) is 6.07 Å².